The van der Waals surface area contributed by atoms with E-state index in [4.69, 9.17) is 7.85 Å². The van der Waals surface area contributed by atoms with E-state index in [1.807, 2.05) is 45.9 Å². The van der Waals surface area contributed by atoms with Gasteiger partial charge in [0.1, 0.15) is 0 Å². The Labute approximate surface area is 162 Å². The fourth-order valence-electron chi connectivity index (χ4n) is 3.00. The SMILES string of the molecule is [2H]C([2H])(Nc1cc(C(=O)NCCO)cn2c(C)c(C)nc12)c1c(C)cccc1C. The largest absolute Gasteiger partial charge is 0.395 e. The Bertz CT molecular complexity index is 1060. The van der Waals surface area contributed by atoms with Crippen LogP contribution in [0.2, 0.25) is 0 Å². The molecule has 142 valence electrons. The molecule has 27 heavy (non-hydrogen) atoms. The minimum absolute atomic E-state index is 0.144. The number of aliphatic hydroxyl groups is 1. The number of imidazole rings is 1. The molecule has 0 aliphatic carbocycles. The van der Waals surface area contributed by atoms with E-state index < -0.39 is 6.50 Å². The van der Waals surface area contributed by atoms with Gasteiger partial charge in [-0.25, -0.2) is 4.98 Å². The summed E-state index contributed by atoms with van der Waals surface area (Å²) in [5, 5.41) is 14.6. The number of anilines is 1. The molecule has 2 aromatic heterocycles. The number of aliphatic hydroxyl groups excluding tert-OH is 1. The van der Waals surface area contributed by atoms with Crippen LogP contribution in [0, 0.1) is 27.7 Å². The Hall–Kier alpha value is -2.86. The van der Waals surface area contributed by atoms with Crippen molar-refractivity contribution in [2.24, 2.45) is 0 Å². The molecule has 0 atom stereocenters. The molecular weight excluding hydrogens is 340 g/mol. The van der Waals surface area contributed by atoms with Crippen molar-refractivity contribution in [1.29, 1.82) is 0 Å². The third-order valence-electron chi connectivity index (χ3n) is 4.66. The topological polar surface area (TPSA) is 78.7 Å². The zero-order valence-corrected chi connectivity index (χ0v) is 16.1. The molecule has 6 heteroatoms. The fourth-order valence-corrected chi connectivity index (χ4v) is 3.00. The summed E-state index contributed by atoms with van der Waals surface area (Å²) in [5.74, 6) is -0.345. The van der Waals surface area contributed by atoms with Gasteiger partial charge >= 0.3 is 0 Å². The van der Waals surface area contributed by atoms with Gasteiger partial charge in [0, 0.05) is 24.9 Å². The number of aryl methyl sites for hydroxylation is 4. The molecular formula is C21H26N4O2. The Kier molecular flexibility index (Phi) is 4.71. The first kappa shape index (κ1) is 16.3. The summed E-state index contributed by atoms with van der Waals surface area (Å²) in [7, 11) is 0. The van der Waals surface area contributed by atoms with Crippen LogP contribution in [0.1, 0.15) is 41.2 Å². The molecule has 1 aromatic carbocycles. The van der Waals surface area contributed by atoms with Gasteiger partial charge in [0.15, 0.2) is 5.65 Å². The highest BCUT2D eigenvalue weighted by Gasteiger charge is 2.15. The Morgan fingerprint density at radius 3 is 2.63 bits per heavy atom. The van der Waals surface area contributed by atoms with Crippen LogP contribution in [0.15, 0.2) is 30.5 Å². The van der Waals surface area contributed by atoms with Crippen LogP contribution in [-0.2, 0) is 6.50 Å². The van der Waals surface area contributed by atoms with E-state index in [0.717, 1.165) is 22.5 Å². The van der Waals surface area contributed by atoms with Crippen LogP contribution in [0.4, 0.5) is 5.69 Å². The predicted molar refractivity (Wildman–Crippen MR) is 107 cm³/mol. The number of fused-ring (bicyclic) bond motifs is 1. The second-order valence-corrected chi connectivity index (χ2v) is 6.62. The lowest BCUT2D eigenvalue weighted by Gasteiger charge is -2.14. The number of nitrogens with zero attached hydrogens (tertiary/aromatic N) is 2. The summed E-state index contributed by atoms with van der Waals surface area (Å²) in [5.41, 5.74) is 5.23. The second-order valence-electron chi connectivity index (χ2n) is 6.62. The summed E-state index contributed by atoms with van der Waals surface area (Å²) in [6.07, 6.45) is 1.68. The molecule has 3 aromatic rings. The van der Waals surface area contributed by atoms with E-state index in [2.05, 4.69) is 15.6 Å². The van der Waals surface area contributed by atoms with E-state index in [1.165, 1.54) is 0 Å². The summed E-state index contributed by atoms with van der Waals surface area (Å²) in [6, 6.07) is 7.25. The lowest BCUT2D eigenvalue weighted by atomic mass is 10.0. The van der Waals surface area contributed by atoms with E-state index >= 15 is 0 Å². The van der Waals surface area contributed by atoms with Gasteiger partial charge in [-0.3, -0.25) is 4.79 Å². The third-order valence-corrected chi connectivity index (χ3v) is 4.66. The molecule has 0 saturated heterocycles. The van der Waals surface area contributed by atoms with Crippen LogP contribution >= 0.6 is 0 Å². The van der Waals surface area contributed by atoms with Crippen LogP contribution in [0.5, 0.6) is 0 Å². The zero-order valence-electron chi connectivity index (χ0n) is 18.1. The fraction of sp³-hybridized carbons (Fsp3) is 0.333. The van der Waals surface area contributed by atoms with E-state index in [9.17, 15) is 4.79 Å². The normalized spacial score (nSPS) is 12.6. The van der Waals surface area contributed by atoms with Gasteiger partial charge in [-0.2, -0.15) is 0 Å². The van der Waals surface area contributed by atoms with Gasteiger partial charge in [0.05, 0.1) is 26.3 Å². The third kappa shape index (κ3) is 3.80. The van der Waals surface area contributed by atoms with Crippen LogP contribution < -0.4 is 10.6 Å². The Balaban J connectivity index is 2.12. The monoisotopic (exact) mass is 368 g/mol. The van der Waals surface area contributed by atoms with Crippen molar-refractivity contribution in [3.63, 3.8) is 0 Å². The minimum atomic E-state index is -1.87. The summed E-state index contributed by atoms with van der Waals surface area (Å²) < 4.78 is 19.2. The van der Waals surface area contributed by atoms with E-state index in [0.29, 0.717) is 22.5 Å². The number of carbonyl (C=O) groups excluding carboxylic acids is 1. The summed E-state index contributed by atoms with van der Waals surface area (Å²) in [6.45, 7) is 5.64. The van der Waals surface area contributed by atoms with E-state index in [1.54, 1.807) is 16.7 Å². The number of pyridine rings is 1. The number of nitrogens with one attached hydrogen (secondary N) is 2. The lowest BCUT2D eigenvalue weighted by molar-refractivity contribution is 0.0944. The van der Waals surface area contributed by atoms with Crippen molar-refractivity contribution < 1.29 is 12.6 Å². The van der Waals surface area contributed by atoms with Crippen molar-refractivity contribution in [3.8, 4) is 0 Å². The standard InChI is InChI=1S/C21H26N4O2/c1-13-6-5-7-14(2)18(13)11-23-19-10-17(21(27)22-8-9-26)12-25-16(4)15(3)24-20(19)25/h5-7,10,12,23,26H,8-9,11H2,1-4H3,(H,22,27)/i11D2. The number of amides is 1. The van der Waals surface area contributed by atoms with Crippen LogP contribution in [0.3, 0.4) is 0 Å². The summed E-state index contributed by atoms with van der Waals surface area (Å²) in [4.78, 5) is 17.0. The average molecular weight is 368 g/mol. The molecule has 3 rings (SSSR count). The number of hydrogen-bond acceptors (Lipinski definition) is 4. The molecule has 0 fully saturated rings. The lowest BCUT2D eigenvalue weighted by Crippen LogP contribution is -2.26. The second kappa shape index (κ2) is 7.80. The predicted octanol–water partition coefficient (Wildman–Crippen LogP) is 2.90. The molecule has 0 unspecified atom stereocenters. The quantitative estimate of drug-likeness (QED) is 0.625. The molecule has 3 N–H and O–H groups in total. The Morgan fingerprint density at radius 2 is 1.96 bits per heavy atom. The molecule has 1 amide bonds. The number of hydrogen-bond donors (Lipinski definition) is 3. The highest BCUT2D eigenvalue weighted by Crippen LogP contribution is 2.23. The molecule has 0 radical (unpaired) electrons. The average Bonchev–Trinajstić information content (AvgIpc) is 2.94. The number of rotatable bonds is 6. The van der Waals surface area contributed by atoms with Crippen molar-refractivity contribution in [2.75, 3.05) is 18.5 Å². The molecule has 0 saturated carbocycles. The maximum Gasteiger partial charge on any atom is 0.252 e. The van der Waals surface area contributed by atoms with Gasteiger partial charge in [-0.1, -0.05) is 18.2 Å². The van der Waals surface area contributed by atoms with Gasteiger partial charge < -0.3 is 20.1 Å². The zero-order chi connectivity index (χ0) is 21.3. The van der Waals surface area contributed by atoms with E-state index in [-0.39, 0.29) is 19.1 Å². The van der Waals surface area contributed by atoms with Gasteiger partial charge in [-0.15, -0.1) is 0 Å². The maximum absolute atomic E-state index is 12.5. The molecule has 0 aliphatic heterocycles. The van der Waals surface area contributed by atoms with Crippen LogP contribution in [-0.4, -0.2) is 33.6 Å². The number of benzene rings is 1. The maximum atomic E-state index is 12.5. The molecule has 0 aliphatic rings. The van der Waals surface area contributed by atoms with Crippen molar-refractivity contribution in [3.05, 3.63) is 64.1 Å². The molecule has 0 spiro atoms. The van der Waals surface area contributed by atoms with Gasteiger partial charge in [-0.05, 0) is 50.5 Å². The smallest absolute Gasteiger partial charge is 0.252 e. The first-order valence-corrected chi connectivity index (χ1v) is 8.89. The Morgan fingerprint density at radius 1 is 1.26 bits per heavy atom. The first-order valence-electron chi connectivity index (χ1n) is 9.89. The van der Waals surface area contributed by atoms with Gasteiger partial charge in [0.2, 0.25) is 0 Å². The summed E-state index contributed by atoms with van der Waals surface area (Å²) >= 11 is 0. The van der Waals surface area contributed by atoms with Crippen molar-refractivity contribution in [2.45, 2.75) is 34.2 Å². The number of carbonyl (C=O) groups is 1. The molecule has 0 bridgehead atoms. The first-order chi connectivity index (χ1) is 13.7. The van der Waals surface area contributed by atoms with Crippen molar-refractivity contribution >= 4 is 17.2 Å². The number of aromatic nitrogens is 2. The molecule has 2 heterocycles. The highest BCUT2D eigenvalue weighted by atomic mass is 16.3. The highest BCUT2D eigenvalue weighted by molar-refractivity contribution is 5.96. The minimum Gasteiger partial charge on any atom is -0.395 e. The van der Waals surface area contributed by atoms with Crippen LogP contribution in [0.25, 0.3) is 5.65 Å². The van der Waals surface area contributed by atoms with Crippen molar-refractivity contribution in [1.82, 2.24) is 14.7 Å². The molecule has 6 nitrogen and oxygen atoms in total. The van der Waals surface area contributed by atoms with Gasteiger partial charge in [0.25, 0.3) is 5.91 Å².